The summed E-state index contributed by atoms with van der Waals surface area (Å²) in [5, 5.41) is 3.66. The van der Waals surface area contributed by atoms with E-state index in [-0.39, 0.29) is 0 Å². The fraction of sp³-hybridized carbons (Fsp3) is 0.571. The van der Waals surface area contributed by atoms with E-state index in [1.807, 2.05) is 11.8 Å². The van der Waals surface area contributed by atoms with Gasteiger partial charge in [-0.3, -0.25) is 0 Å². The number of nitrogens with zero attached hydrogens (tertiary/aromatic N) is 1. The number of nitrogens with one attached hydrogen (secondary N) is 1. The van der Waals surface area contributed by atoms with Gasteiger partial charge in [-0.1, -0.05) is 12.1 Å². The minimum absolute atomic E-state index is 0.649. The molecule has 0 aliphatic carbocycles. The molecule has 1 N–H and O–H groups in total. The van der Waals surface area contributed by atoms with Crippen molar-refractivity contribution in [3.8, 4) is 0 Å². The minimum atomic E-state index is 0.649. The number of hydrogen-bond acceptors (Lipinski definition) is 3. The van der Waals surface area contributed by atoms with Crippen molar-refractivity contribution < 1.29 is 0 Å². The van der Waals surface area contributed by atoms with Crippen LogP contribution in [0.15, 0.2) is 24.3 Å². The Balaban J connectivity index is 1.91. The molecule has 0 radical (unpaired) electrons. The van der Waals surface area contributed by atoms with E-state index in [4.69, 9.17) is 0 Å². The molecule has 17 heavy (non-hydrogen) atoms. The van der Waals surface area contributed by atoms with E-state index in [0.717, 1.165) is 5.75 Å². The molecule has 1 aromatic carbocycles. The van der Waals surface area contributed by atoms with Crippen molar-refractivity contribution in [3.05, 3.63) is 29.8 Å². The molecule has 2 rings (SSSR count). The number of hydrogen-bond donors (Lipinski definition) is 1. The summed E-state index contributed by atoms with van der Waals surface area (Å²) >= 11 is 1.88. The van der Waals surface area contributed by atoms with Crippen LogP contribution in [-0.2, 0) is 5.75 Å². The molecule has 1 aromatic rings. The van der Waals surface area contributed by atoms with Crippen LogP contribution in [0.25, 0.3) is 0 Å². The molecule has 1 aliphatic rings. The molecule has 1 heterocycles. The first kappa shape index (κ1) is 12.8. The second-order valence-electron chi connectivity index (χ2n) is 4.86. The molecule has 94 valence electrons. The van der Waals surface area contributed by atoms with Crippen molar-refractivity contribution in [2.24, 2.45) is 0 Å². The maximum absolute atomic E-state index is 3.66. The highest BCUT2D eigenvalue weighted by atomic mass is 32.2. The Bertz CT molecular complexity index is 346. The average Bonchev–Trinajstić information content (AvgIpc) is 2.33. The Morgan fingerprint density at radius 2 is 2.12 bits per heavy atom. The predicted molar refractivity (Wildman–Crippen MR) is 77.8 cm³/mol. The van der Waals surface area contributed by atoms with Crippen LogP contribution in [0.5, 0.6) is 0 Å². The molecule has 0 aromatic heterocycles. The van der Waals surface area contributed by atoms with Gasteiger partial charge >= 0.3 is 0 Å². The summed E-state index contributed by atoms with van der Waals surface area (Å²) in [7, 11) is 2.20. The van der Waals surface area contributed by atoms with Gasteiger partial charge in [0.25, 0.3) is 0 Å². The first-order chi connectivity index (χ1) is 8.28. The Morgan fingerprint density at radius 3 is 2.82 bits per heavy atom. The van der Waals surface area contributed by atoms with Crippen molar-refractivity contribution in [1.29, 1.82) is 0 Å². The van der Waals surface area contributed by atoms with E-state index < -0.39 is 0 Å². The van der Waals surface area contributed by atoms with E-state index in [2.05, 4.69) is 47.8 Å². The summed E-state index contributed by atoms with van der Waals surface area (Å²) in [6.45, 7) is 2.42. The Kier molecular flexibility index (Phi) is 4.75. The molecule has 3 heteroatoms. The van der Waals surface area contributed by atoms with E-state index in [0.29, 0.717) is 6.04 Å². The summed E-state index contributed by atoms with van der Waals surface area (Å²) < 4.78 is 0. The largest absolute Gasteiger partial charge is 0.382 e. The molecule has 2 nitrogen and oxygen atoms in total. The van der Waals surface area contributed by atoms with Crippen LogP contribution in [0.3, 0.4) is 0 Å². The minimum Gasteiger partial charge on any atom is -0.382 e. The molecular formula is C14H22N2S. The third-order valence-electron chi connectivity index (χ3n) is 3.33. The zero-order valence-corrected chi connectivity index (χ0v) is 11.6. The van der Waals surface area contributed by atoms with Gasteiger partial charge in [-0.15, -0.1) is 0 Å². The van der Waals surface area contributed by atoms with Crippen molar-refractivity contribution in [3.63, 3.8) is 0 Å². The molecule has 0 saturated carbocycles. The molecule has 0 spiro atoms. The van der Waals surface area contributed by atoms with Crippen LogP contribution in [0.2, 0.25) is 0 Å². The number of rotatable bonds is 4. The first-order valence-corrected chi connectivity index (χ1v) is 7.70. The Labute approximate surface area is 109 Å². The lowest BCUT2D eigenvalue weighted by atomic mass is 10.0. The molecule has 0 atom stereocenters. The van der Waals surface area contributed by atoms with Crippen LogP contribution >= 0.6 is 11.8 Å². The van der Waals surface area contributed by atoms with Gasteiger partial charge < -0.3 is 10.2 Å². The van der Waals surface area contributed by atoms with Gasteiger partial charge in [0.1, 0.15) is 0 Å². The summed E-state index contributed by atoms with van der Waals surface area (Å²) in [6, 6.07) is 9.48. The standard InChI is InChI=1S/C14H22N2S/c1-16-8-6-13(7-9-16)15-14-5-3-4-12(10-14)11-17-2/h3-5,10,13,15H,6-9,11H2,1-2H3. The van der Waals surface area contributed by atoms with Crippen molar-refractivity contribution in [2.45, 2.75) is 24.6 Å². The van der Waals surface area contributed by atoms with Gasteiger partial charge in [0.05, 0.1) is 0 Å². The molecule has 0 bridgehead atoms. The Morgan fingerprint density at radius 1 is 1.35 bits per heavy atom. The number of thioether (sulfide) groups is 1. The van der Waals surface area contributed by atoms with Gasteiger partial charge in [-0.2, -0.15) is 11.8 Å². The zero-order valence-electron chi connectivity index (χ0n) is 10.8. The maximum Gasteiger partial charge on any atom is 0.0345 e. The molecular weight excluding hydrogens is 228 g/mol. The van der Waals surface area contributed by atoms with E-state index in [1.165, 1.54) is 37.2 Å². The normalized spacial score (nSPS) is 18.2. The quantitative estimate of drug-likeness (QED) is 0.884. The van der Waals surface area contributed by atoms with E-state index >= 15 is 0 Å². The fourth-order valence-corrected chi connectivity index (χ4v) is 2.82. The topological polar surface area (TPSA) is 15.3 Å². The van der Waals surface area contributed by atoms with Gasteiger partial charge in [-0.05, 0) is 56.9 Å². The third kappa shape index (κ3) is 3.93. The van der Waals surface area contributed by atoms with Gasteiger partial charge in [-0.25, -0.2) is 0 Å². The molecule has 1 aliphatic heterocycles. The van der Waals surface area contributed by atoms with Crippen LogP contribution in [0, 0.1) is 0 Å². The van der Waals surface area contributed by atoms with Crippen molar-refractivity contribution in [1.82, 2.24) is 4.90 Å². The van der Waals surface area contributed by atoms with Crippen molar-refractivity contribution in [2.75, 3.05) is 31.7 Å². The van der Waals surface area contributed by atoms with E-state index in [1.54, 1.807) is 0 Å². The summed E-state index contributed by atoms with van der Waals surface area (Å²) in [5.41, 5.74) is 2.70. The fourth-order valence-electron chi connectivity index (χ4n) is 2.31. The lowest BCUT2D eigenvalue weighted by Gasteiger charge is -2.30. The van der Waals surface area contributed by atoms with Gasteiger partial charge in [0.15, 0.2) is 0 Å². The van der Waals surface area contributed by atoms with Crippen LogP contribution in [0.1, 0.15) is 18.4 Å². The summed E-state index contributed by atoms with van der Waals surface area (Å²) in [5.74, 6) is 1.10. The smallest absolute Gasteiger partial charge is 0.0345 e. The SMILES string of the molecule is CSCc1cccc(NC2CCN(C)CC2)c1. The lowest BCUT2D eigenvalue weighted by molar-refractivity contribution is 0.264. The molecule has 0 amide bonds. The second kappa shape index (κ2) is 6.31. The van der Waals surface area contributed by atoms with Crippen LogP contribution < -0.4 is 5.32 Å². The zero-order chi connectivity index (χ0) is 12.1. The van der Waals surface area contributed by atoms with E-state index in [9.17, 15) is 0 Å². The summed E-state index contributed by atoms with van der Waals surface area (Å²) in [6.07, 6.45) is 4.66. The maximum atomic E-state index is 3.66. The summed E-state index contributed by atoms with van der Waals surface area (Å²) in [4.78, 5) is 2.41. The van der Waals surface area contributed by atoms with Crippen LogP contribution in [0.4, 0.5) is 5.69 Å². The first-order valence-electron chi connectivity index (χ1n) is 6.31. The lowest BCUT2D eigenvalue weighted by Crippen LogP contribution is -2.36. The highest BCUT2D eigenvalue weighted by Crippen LogP contribution is 2.18. The van der Waals surface area contributed by atoms with Crippen LogP contribution in [-0.4, -0.2) is 37.3 Å². The average molecular weight is 250 g/mol. The predicted octanol–water partition coefficient (Wildman–Crippen LogP) is 3.06. The number of piperidine rings is 1. The number of likely N-dealkylation sites (tertiary alicyclic amines) is 1. The second-order valence-corrected chi connectivity index (χ2v) is 5.72. The Hall–Kier alpha value is -0.670. The highest BCUT2D eigenvalue weighted by molar-refractivity contribution is 7.97. The molecule has 0 unspecified atom stereocenters. The van der Waals surface area contributed by atoms with Gasteiger partial charge in [0.2, 0.25) is 0 Å². The monoisotopic (exact) mass is 250 g/mol. The number of anilines is 1. The highest BCUT2D eigenvalue weighted by Gasteiger charge is 2.15. The molecule has 1 saturated heterocycles. The van der Waals surface area contributed by atoms with Crippen molar-refractivity contribution >= 4 is 17.4 Å². The number of benzene rings is 1. The molecule has 1 fully saturated rings. The van der Waals surface area contributed by atoms with Gasteiger partial charge in [0, 0.05) is 17.5 Å². The third-order valence-corrected chi connectivity index (χ3v) is 3.95.